The summed E-state index contributed by atoms with van der Waals surface area (Å²) in [5.41, 5.74) is 2.85. The van der Waals surface area contributed by atoms with E-state index in [1.165, 1.54) is 0 Å². The highest BCUT2D eigenvalue weighted by Crippen LogP contribution is 2.15. The monoisotopic (exact) mass is 276 g/mol. The zero-order chi connectivity index (χ0) is 14.7. The summed E-state index contributed by atoms with van der Waals surface area (Å²) in [6.45, 7) is 0.412. The lowest BCUT2D eigenvalue weighted by atomic mass is 10.1. The van der Waals surface area contributed by atoms with E-state index in [1.54, 1.807) is 24.4 Å². The van der Waals surface area contributed by atoms with Gasteiger partial charge in [-0.2, -0.15) is 10.4 Å². The van der Waals surface area contributed by atoms with Gasteiger partial charge < -0.3 is 5.32 Å². The Morgan fingerprint density at radius 2 is 2.05 bits per heavy atom. The highest BCUT2D eigenvalue weighted by molar-refractivity contribution is 6.05. The van der Waals surface area contributed by atoms with E-state index in [-0.39, 0.29) is 5.91 Å². The van der Waals surface area contributed by atoms with Gasteiger partial charge >= 0.3 is 0 Å². The molecule has 0 aliphatic heterocycles. The van der Waals surface area contributed by atoms with Gasteiger partial charge in [-0.15, -0.1) is 0 Å². The zero-order valence-electron chi connectivity index (χ0n) is 11.1. The van der Waals surface area contributed by atoms with Gasteiger partial charge in [-0.05, 0) is 23.8 Å². The second-order valence-corrected chi connectivity index (χ2v) is 4.63. The Labute approximate surface area is 121 Å². The molecule has 0 unspecified atom stereocenters. The second-order valence-electron chi connectivity index (χ2n) is 4.63. The van der Waals surface area contributed by atoms with Gasteiger partial charge in [-0.3, -0.25) is 9.89 Å². The van der Waals surface area contributed by atoms with E-state index in [1.807, 2.05) is 24.3 Å². The number of aromatic amines is 1. The molecule has 3 rings (SSSR count). The quantitative estimate of drug-likeness (QED) is 0.770. The number of rotatable bonds is 3. The van der Waals surface area contributed by atoms with Gasteiger partial charge in [0, 0.05) is 11.9 Å². The number of amides is 1. The maximum absolute atomic E-state index is 12.2. The molecule has 5 nitrogen and oxygen atoms in total. The van der Waals surface area contributed by atoms with E-state index in [0.29, 0.717) is 17.7 Å². The average Bonchev–Trinajstić information content (AvgIpc) is 3.01. The molecule has 0 aliphatic carbocycles. The summed E-state index contributed by atoms with van der Waals surface area (Å²) in [6, 6.07) is 14.7. The highest BCUT2D eigenvalue weighted by Gasteiger charge is 2.10. The molecule has 0 fully saturated rings. The minimum atomic E-state index is -0.158. The minimum Gasteiger partial charge on any atom is -0.348 e. The minimum absolute atomic E-state index is 0.158. The number of carbonyl (C=O) groups excluding carboxylic acids is 1. The van der Waals surface area contributed by atoms with Crippen molar-refractivity contribution in [1.82, 2.24) is 15.5 Å². The number of hydrogen-bond donors (Lipinski definition) is 2. The van der Waals surface area contributed by atoms with Gasteiger partial charge in [0.1, 0.15) is 0 Å². The van der Waals surface area contributed by atoms with E-state index >= 15 is 0 Å². The second kappa shape index (κ2) is 5.47. The summed E-state index contributed by atoms with van der Waals surface area (Å²) in [5, 5.41) is 19.3. The topological polar surface area (TPSA) is 81.6 Å². The SMILES string of the molecule is N#Cc1ccc(CNC(=O)c2cccc3cn[nH]c23)cc1. The molecule has 2 N–H and O–H groups in total. The molecule has 0 saturated heterocycles. The average molecular weight is 276 g/mol. The van der Waals surface area contributed by atoms with Gasteiger partial charge in [0.2, 0.25) is 0 Å². The Hall–Kier alpha value is -3.13. The molecule has 5 heteroatoms. The van der Waals surface area contributed by atoms with Crippen molar-refractivity contribution in [2.24, 2.45) is 0 Å². The van der Waals surface area contributed by atoms with Crippen molar-refractivity contribution in [3.8, 4) is 6.07 Å². The number of nitrogens with one attached hydrogen (secondary N) is 2. The highest BCUT2D eigenvalue weighted by atomic mass is 16.1. The van der Waals surface area contributed by atoms with E-state index in [0.717, 1.165) is 16.5 Å². The first kappa shape index (κ1) is 12.9. The molecular formula is C16H12N4O. The Balaban J connectivity index is 1.74. The number of fused-ring (bicyclic) bond motifs is 1. The predicted molar refractivity (Wildman–Crippen MR) is 78.4 cm³/mol. The number of para-hydroxylation sites is 1. The fourth-order valence-electron chi connectivity index (χ4n) is 2.13. The van der Waals surface area contributed by atoms with Crippen LogP contribution in [0.3, 0.4) is 0 Å². The molecule has 21 heavy (non-hydrogen) atoms. The van der Waals surface area contributed by atoms with Crippen LogP contribution in [-0.2, 0) is 6.54 Å². The summed E-state index contributed by atoms with van der Waals surface area (Å²) in [6.07, 6.45) is 1.69. The third-order valence-electron chi connectivity index (χ3n) is 3.26. The number of benzene rings is 2. The van der Waals surface area contributed by atoms with Crippen LogP contribution in [0.25, 0.3) is 10.9 Å². The van der Waals surface area contributed by atoms with Crippen molar-refractivity contribution in [1.29, 1.82) is 5.26 Å². The van der Waals surface area contributed by atoms with Crippen LogP contribution in [0.5, 0.6) is 0 Å². The van der Waals surface area contributed by atoms with E-state index < -0.39 is 0 Å². The maximum atomic E-state index is 12.2. The fourth-order valence-corrected chi connectivity index (χ4v) is 2.13. The Morgan fingerprint density at radius 1 is 1.24 bits per heavy atom. The lowest BCUT2D eigenvalue weighted by Gasteiger charge is -2.06. The zero-order valence-corrected chi connectivity index (χ0v) is 11.1. The van der Waals surface area contributed by atoms with Gasteiger partial charge in [-0.25, -0.2) is 0 Å². The van der Waals surface area contributed by atoms with Crippen LogP contribution in [0, 0.1) is 11.3 Å². The third kappa shape index (κ3) is 2.60. The van der Waals surface area contributed by atoms with Crippen LogP contribution < -0.4 is 5.32 Å². The lowest BCUT2D eigenvalue weighted by Crippen LogP contribution is -2.23. The van der Waals surface area contributed by atoms with Crippen molar-refractivity contribution in [3.05, 3.63) is 65.4 Å². The molecule has 0 radical (unpaired) electrons. The molecule has 102 valence electrons. The lowest BCUT2D eigenvalue weighted by molar-refractivity contribution is 0.0952. The fraction of sp³-hybridized carbons (Fsp3) is 0.0625. The molecule has 1 heterocycles. The first-order valence-corrected chi connectivity index (χ1v) is 6.47. The normalized spacial score (nSPS) is 10.2. The Kier molecular flexibility index (Phi) is 3.36. The van der Waals surface area contributed by atoms with E-state index in [9.17, 15) is 4.79 Å². The van der Waals surface area contributed by atoms with E-state index in [2.05, 4.69) is 21.6 Å². The van der Waals surface area contributed by atoms with Gasteiger partial charge in [-0.1, -0.05) is 24.3 Å². The van der Waals surface area contributed by atoms with Crippen LogP contribution in [0.4, 0.5) is 0 Å². The summed E-state index contributed by atoms with van der Waals surface area (Å²) < 4.78 is 0. The van der Waals surface area contributed by atoms with Crippen LogP contribution in [0.2, 0.25) is 0 Å². The number of hydrogen-bond acceptors (Lipinski definition) is 3. The Bertz CT molecular complexity index is 827. The summed E-state index contributed by atoms with van der Waals surface area (Å²) in [5.74, 6) is -0.158. The van der Waals surface area contributed by atoms with Crippen LogP contribution in [0.15, 0.2) is 48.7 Å². The summed E-state index contributed by atoms with van der Waals surface area (Å²) in [7, 11) is 0. The van der Waals surface area contributed by atoms with Crippen LogP contribution in [0.1, 0.15) is 21.5 Å². The first-order chi connectivity index (χ1) is 10.3. The molecule has 0 saturated carbocycles. The first-order valence-electron chi connectivity index (χ1n) is 6.47. The molecule has 3 aromatic rings. The predicted octanol–water partition coefficient (Wildman–Crippen LogP) is 2.36. The number of aromatic nitrogens is 2. The van der Waals surface area contributed by atoms with Crippen molar-refractivity contribution < 1.29 is 4.79 Å². The van der Waals surface area contributed by atoms with Gasteiger partial charge in [0.25, 0.3) is 5.91 Å². The number of nitriles is 1. The molecular weight excluding hydrogens is 264 g/mol. The van der Waals surface area contributed by atoms with Crippen LogP contribution in [-0.4, -0.2) is 16.1 Å². The standard InChI is InChI=1S/C16H12N4O/c17-8-11-4-6-12(7-5-11)9-18-16(21)14-3-1-2-13-10-19-20-15(13)14/h1-7,10H,9H2,(H,18,21)(H,19,20). The van der Waals surface area contributed by atoms with Gasteiger partial charge in [0.15, 0.2) is 0 Å². The molecule has 1 amide bonds. The summed E-state index contributed by atoms with van der Waals surface area (Å²) in [4.78, 5) is 12.2. The summed E-state index contributed by atoms with van der Waals surface area (Å²) >= 11 is 0. The van der Waals surface area contributed by atoms with Crippen molar-refractivity contribution >= 4 is 16.8 Å². The van der Waals surface area contributed by atoms with Crippen molar-refractivity contribution in [2.75, 3.05) is 0 Å². The number of H-pyrrole nitrogens is 1. The van der Waals surface area contributed by atoms with Crippen LogP contribution >= 0.6 is 0 Å². The molecule has 0 bridgehead atoms. The molecule has 0 spiro atoms. The maximum Gasteiger partial charge on any atom is 0.253 e. The van der Waals surface area contributed by atoms with Crippen molar-refractivity contribution in [2.45, 2.75) is 6.54 Å². The Morgan fingerprint density at radius 3 is 2.81 bits per heavy atom. The molecule has 0 atom stereocenters. The molecule has 1 aromatic heterocycles. The third-order valence-corrected chi connectivity index (χ3v) is 3.26. The number of carbonyl (C=O) groups is 1. The molecule has 2 aromatic carbocycles. The smallest absolute Gasteiger partial charge is 0.253 e. The largest absolute Gasteiger partial charge is 0.348 e. The van der Waals surface area contributed by atoms with Crippen molar-refractivity contribution in [3.63, 3.8) is 0 Å². The van der Waals surface area contributed by atoms with Gasteiger partial charge in [0.05, 0.1) is 28.9 Å². The number of nitrogens with zero attached hydrogens (tertiary/aromatic N) is 2. The van der Waals surface area contributed by atoms with E-state index in [4.69, 9.17) is 5.26 Å². The molecule has 0 aliphatic rings.